The maximum Gasteiger partial charge on any atom is 0.0373 e. The van der Waals surface area contributed by atoms with Gasteiger partial charge in [-0.1, -0.05) is 61.7 Å². The second-order valence-electron chi connectivity index (χ2n) is 6.12. The van der Waals surface area contributed by atoms with E-state index in [-0.39, 0.29) is 0 Å². The Balaban J connectivity index is 1.97. The van der Waals surface area contributed by atoms with Gasteiger partial charge < -0.3 is 0 Å². The van der Waals surface area contributed by atoms with E-state index in [1.54, 1.807) is 0 Å². The van der Waals surface area contributed by atoms with E-state index in [9.17, 15) is 0 Å². The summed E-state index contributed by atoms with van der Waals surface area (Å²) in [6.07, 6.45) is 12.0. The van der Waals surface area contributed by atoms with Gasteiger partial charge in [-0.05, 0) is 50.0 Å². The fourth-order valence-electron chi connectivity index (χ4n) is 3.25. The van der Waals surface area contributed by atoms with Crippen molar-refractivity contribution in [3.05, 3.63) is 47.5 Å². The summed E-state index contributed by atoms with van der Waals surface area (Å²) in [6, 6.07) is 9.04. The summed E-state index contributed by atoms with van der Waals surface area (Å²) in [6.45, 7) is 4.39. The van der Waals surface area contributed by atoms with Crippen molar-refractivity contribution in [2.75, 3.05) is 0 Å². The summed E-state index contributed by atoms with van der Waals surface area (Å²) >= 11 is 6.56. The van der Waals surface area contributed by atoms with Crippen LogP contribution in [0.25, 0.3) is 0 Å². The SMILES string of the molecule is CCCC/C=C\C[C@H]1C(Cl)CCC1c1ccc(C)cc1. The molecule has 0 saturated heterocycles. The van der Waals surface area contributed by atoms with E-state index < -0.39 is 0 Å². The molecule has 1 fully saturated rings. The minimum absolute atomic E-state index is 0.345. The molecular formula is C19H27Cl. The Morgan fingerprint density at radius 2 is 1.90 bits per heavy atom. The Hall–Kier alpha value is -0.750. The van der Waals surface area contributed by atoms with Crippen LogP contribution < -0.4 is 0 Å². The van der Waals surface area contributed by atoms with Gasteiger partial charge in [-0.2, -0.15) is 0 Å². The number of hydrogen-bond donors (Lipinski definition) is 0. The Bertz CT molecular complexity index is 418. The molecule has 0 spiro atoms. The van der Waals surface area contributed by atoms with Crippen LogP contribution in [0.4, 0.5) is 0 Å². The monoisotopic (exact) mass is 290 g/mol. The molecule has 20 heavy (non-hydrogen) atoms. The highest BCUT2D eigenvalue weighted by Gasteiger charge is 2.34. The van der Waals surface area contributed by atoms with Crippen molar-refractivity contribution >= 4 is 11.6 Å². The van der Waals surface area contributed by atoms with Gasteiger partial charge in [0.25, 0.3) is 0 Å². The summed E-state index contributed by atoms with van der Waals surface area (Å²) in [7, 11) is 0. The normalized spacial score (nSPS) is 26.4. The summed E-state index contributed by atoms with van der Waals surface area (Å²) < 4.78 is 0. The molecule has 2 unspecified atom stereocenters. The first kappa shape index (κ1) is 15.6. The summed E-state index contributed by atoms with van der Waals surface area (Å²) in [5.41, 5.74) is 2.82. The maximum atomic E-state index is 6.56. The fraction of sp³-hybridized carbons (Fsp3) is 0.579. The lowest BCUT2D eigenvalue weighted by Crippen LogP contribution is -2.13. The van der Waals surface area contributed by atoms with E-state index >= 15 is 0 Å². The Morgan fingerprint density at radius 3 is 2.60 bits per heavy atom. The lowest BCUT2D eigenvalue weighted by atomic mass is 9.86. The van der Waals surface area contributed by atoms with Crippen LogP contribution in [0.15, 0.2) is 36.4 Å². The highest BCUT2D eigenvalue weighted by atomic mass is 35.5. The number of hydrogen-bond acceptors (Lipinski definition) is 0. The molecule has 1 aliphatic rings. The third kappa shape index (κ3) is 4.12. The average molecular weight is 291 g/mol. The van der Waals surface area contributed by atoms with Gasteiger partial charge in [0.05, 0.1) is 0 Å². The topological polar surface area (TPSA) is 0 Å². The highest BCUT2D eigenvalue weighted by molar-refractivity contribution is 6.21. The Morgan fingerprint density at radius 1 is 1.15 bits per heavy atom. The molecule has 1 heteroatoms. The van der Waals surface area contributed by atoms with Gasteiger partial charge in [0.1, 0.15) is 0 Å². The van der Waals surface area contributed by atoms with Crippen molar-refractivity contribution in [1.29, 1.82) is 0 Å². The van der Waals surface area contributed by atoms with Gasteiger partial charge in [0.2, 0.25) is 0 Å². The summed E-state index contributed by atoms with van der Waals surface area (Å²) in [4.78, 5) is 0. The van der Waals surface area contributed by atoms with E-state index in [0.29, 0.717) is 17.2 Å². The summed E-state index contributed by atoms with van der Waals surface area (Å²) in [5, 5.41) is 0.345. The van der Waals surface area contributed by atoms with Crippen molar-refractivity contribution in [3.8, 4) is 0 Å². The molecule has 2 rings (SSSR count). The standard InChI is InChI=1S/C19H27Cl/c1-3-4-5-6-7-8-18-17(13-14-19(18)20)16-11-9-15(2)10-12-16/h6-7,9-12,17-19H,3-5,8,13-14H2,1-2H3/b7-6-/t17?,18-,19?/m1/s1. The number of benzene rings is 1. The predicted molar refractivity (Wildman–Crippen MR) is 89.6 cm³/mol. The first-order valence-corrected chi connectivity index (χ1v) is 8.51. The molecule has 1 saturated carbocycles. The lowest BCUT2D eigenvalue weighted by molar-refractivity contribution is 0.495. The quantitative estimate of drug-likeness (QED) is 0.331. The molecule has 0 N–H and O–H groups in total. The van der Waals surface area contributed by atoms with Crippen molar-refractivity contribution < 1.29 is 0 Å². The van der Waals surface area contributed by atoms with Gasteiger partial charge in [-0.15, -0.1) is 11.6 Å². The molecule has 0 heterocycles. The predicted octanol–water partition coefficient (Wildman–Crippen LogP) is 6.23. The largest absolute Gasteiger partial charge is 0.123 e. The van der Waals surface area contributed by atoms with Crippen molar-refractivity contribution in [2.45, 2.75) is 63.7 Å². The number of unbranched alkanes of at least 4 members (excludes halogenated alkanes) is 2. The average Bonchev–Trinajstić information content (AvgIpc) is 2.81. The number of aryl methyl sites for hydroxylation is 1. The molecule has 0 aromatic heterocycles. The number of rotatable bonds is 6. The fourth-order valence-corrected chi connectivity index (χ4v) is 3.66. The van der Waals surface area contributed by atoms with E-state index in [1.165, 1.54) is 36.8 Å². The zero-order valence-electron chi connectivity index (χ0n) is 12.8. The third-order valence-corrected chi connectivity index (χ3v) is 5.08. The molecule has 3 atom stereocenters. The van der Waals surface area contributed by atoms with Crippen LogP contribution in [-0.2, 0) is 0 Å². The lowest BCUT2D eigenvalue weighted by Gasteiger charge is -2.21. The van der Waals surface area contributed by atoms with Crippen LogP contribution >= 0.6 is 11.6 Å². The second kappa shape index (κ2) is 7.88. The van der Waals surface area contributed by atoms with Crippen LogP contribution in [0, 0.1) is 12.8 Å². The Labute approximate surface area is 129 Å². The van der Waals surface area contributed by atoms with Crippen molar-refractivity contribution in [3.63, 3.8) is 0 Å². The van der Waals surface area contributed by atoms with E-state index in [4.69, 9.17) is 11.6 Å². The van der Waals surface area contributed by atoms with Crippen LogP contribution in [0.3, 0.4) is 0 Å². The first-order valence-electron chi connectivity index (χ1n) is 8.08. The van der Waals surface area contributed by atoms with Gasteiger partial charge in [-0.3, -0.25) is 0 Å². The Kier molecular flexibility index (Phi) is 6.16. The second-order valence-corrected chi connectivity index (χ2v) is 6.68. The number of alkyl halides is 1. The van der Waals surface area contributed by atoms with E-state index in [0.717, 1.165) is 12.8 Å². The van der Waals surface area contributed by atoms with E-state index in [2.05, 4.69) is 50.3 Å². The molecule has 0 nitrogen and oxygen atoms in total. The van der Waals surface area contributed by atoms with Crippen LogP contribution in [0.1, 0.15) is 62.5 Å². The number of halogens is 1. The number of allylic oxidation sites excluding steroid dienone is 2. The van der Waals surface area contributed by atoms with Gasteiger partial charge >= 0.3 is 0 Å². The molecule has 0 amide bonds. The van der Waals surface area contributed by atoms with Gasteiger partial charge in [-0.25, -0.2) is 0 Å². The molecule has 0 aliphatic heterocycles. The first-order chi connectivity index (χ1) is 9.72. The maximum absolute atomic E-state index is 6.56. The smallest absolute Gasteiger partial charge is 0.0373 e. The molecule has 1 aromatic carbocycles. The minimum atomic E-state index is 0.345. The van der Waals surface area contributed by atoms with Crippen LogP contribution in [0.5, 0.6) is 0 Å². The third-order valence-electron chi connectivity index (χ3n) is 4.54. The van der Waals surface area contributed by atoms with Crippen LogP contribution in [0.2, 0.25) is 0 Å². The zero-order valence-corrected chi connectivity index (χ0v) is 13.6. The van der Waals surface area contributed by atoms with Gasteiger partial charge in [0, 0.05) is 5.38 Å². The zero-order chi connectivity index (χ0) is 14.4. The van der Waals surface area contributed by atoms with Gasteiger partial charge in [0.15, 0.2) is 0 Å². The highest BCUT2D eigenvalue weighted by Crippen LogP contribution is 2.44. The van der Waals surface area contributed by atoms with E-state index in [1.807, 2.05) is 0 Å². The molecule has 0 radical (unpaired) electrons. The van der Waals surface area contributed by atoms with Crippen molar-refractivity contribution in [1.82, 2.24) is 0 Å². The molecule has 110 valence electrons. The molecule has 1 aliphatic carbocycles. The van der Waals surface area contributed by atoms with Crippen LogP contribution in [-0.4, -0.2) is 5.38 Å². The minimum Gasteiger partial charge on any atom is -0.123 e. The molecular weight excluding hydrogens is 264 g/mol. The van der Waals surface area contributed by atoms with Crippen molar-refractivity contribution in [2.24, 2.45) is 5.92 Å². The molecule has 1 aromatic rings. The molecule has 0 bridgehead atoms. The summed E-state index contributed by atoms with van der Waals surface area (Å²) in [5.74, 6) is 1.26.